The molecule has 0 unspecified atom stereocenters. The van der Waals surface area contributed by atoms with E-state index < -0.39 is 0 Å². The van der Waals surface area contributed by atoms with Gasteiger partial charge < -0.3 is 4.90 Å². The van der Waals surface area contributed by atoms with Gasteiger partial charge in [0.25, 0.3) is 5.91 Å². The molecule has 1 aliphatic rings. The maximum Gasteiger partial charge on any atom is 0.273 e. The summed E-state index contributed by atoms with van der Waals surface area (Å²) in [7, 11) is 0. The topological polar surface area (TPSA) is 33.2 Å². The quantitative estimate of drug-likeness (QED) is 0.790. The number of carbonyl (C=O) groups excluding carboxylic acids is 1. The Morgan fingerprint density at radius 3 is 2.67 bits per heavy atom. The van der Waals surface area contributed by atoms with Crippen molar-refractivity contribution in [3.8, 4) is 0 Å². The summed E-state index contributed by atoms with van der Waals surface area (Å²) in [4.78, 5) is 18.4. The van der Waals surface area contributed by atoms with Crippen molar-refractivity contribution in [3.63, 3.8) is 0 Å². The summed E-state index contributed by atoms with van der Waals surface area (Å²) in [5.41, 5.74) is 0.609. The summed E-state index contributed by atoms with van der Waals surface area (Å²) in [6, 6.07) is 0.728. The van der Waals surface area contributed by atoms with Gasteiger partial charge in [0.15, 0.2) is 0 Å². The number of hydrogen-bond acceptors (Lipinski definition) is 3. The number of carbonyl (C=O) groups is 1. The number of hydrogen-bond donors (Lipinski definition) is 0. The van der Waals surface area contributed by atoms with Crippen molar-refractivity contribution in [1.82, 2.24) is 9.88 Å². The Labute approximate surface area is 94.1 Å². The fourth-order valence-electron chi connectivity index (χ4n) is 1.77. The standard InChI is InChI=1S/C11H16N2OS/c1-7(2)13(9-4-5-9)11(14)10-6-15-8(3)12-10/h6-7,9H,4-5H2,1-3H3. The van der Waals surface area contributed by atoms with Crippen LogP contribution in [0, 0.1) is 6.92 Å². The van der Waals surface area contributed by atoms with Gasteiger partial charge in [-0.25, -0.2) is 4.98 Å². The third-order valence-corrected chi connectivity index (χ3v) is 3.34. The van der Waals surface area contributed by atoms with Crippen molar-refractivity contribution in [2.75, 3.05) is 0 Å². The molecule has 1 heterocycles. The summed E-state index contributed by atoms with van der Waals surface area (Å²) in [6.07, 6.45) is 2.29. The Kier molecular flexibility index (Phi) is 2.78. The molecule has 0 aromatic carbocycles. The molecule has 0 radical (unpaired) electrons. The molecule has 1 fully saturated rings. The lowest BCUT2D eigenvalue weighted by atomic mass is 10.2. The summed E-state index contributed by atoms with van der Waals surface area (Å²) in [5.74, 6) is 0.0943. The van der Waals surface area contributed by atoms with Gasteiger partial charge in [-0.15, -0.1) is 11.3 Å². The van der Waals surface area contributed by atoms with Crippen molar-refractivity contribution in [1.29, 1.82) is 0 Å². The van der Waals surface area contributed by atoms with E-state index in [1.54, 1.807) is 0 Å². The summed E-state index contributed by atoms with van der Waals surface area (Å²) < 4.78 is 0. The first-order valence-electron chi connectivity index (χ1n) is 5.34. The van der Waals surface area contributed by atoms with Gasteiger partial charge in [0.05, 0.1) is 5.01 Å². The third kappa shape index (κ3) is 2.20. The summed E-state index contributed by atoms with van der Waals surface area (Å²) >= 11 is 1.54. The molecule has 0 N–H and O–H groups in total. The lowest BCUT2D eigenvalue weighted by Crippen LogP contribution is -2.38. The van der Waals surface area contributed by atoms with Crippen LogP contribution in [0.4, 0.5) is 0 Å². The molecule has 0 aliphatic heterocycles. The first-order valence-corrected chi connectivity index (χ1v) is 6.22. The SMILES string of the molecule is Cc1nc(C(=O)N(C(C)C)C2CC2)cs1. The van der Waals surface area contributed by atoms with Gasteiger partial charge in [-0.05, 0) is 33.6 Å². The Bertz CT molecular complexity index is 366. The van der Waals surface area contributed by atoms with Crippen LogP contribution in [0.3, 0.4) is 0 Å². The van der Waals surface area contributed by atoms with Crippen LogP contribution in [0.2, 0.25) is 0 Å². The summed E-state index contributed by atoms with van der Waals surface area (Å²) in [6.45, 7) is 6.06. The van der Waals surface area contributed by atoms with E-state index in [2.05, 4.69) is 18.8 Å². The van der Waals surface area contributed by atoms with Gasteiger partial charge in [-0.2, -0.15) is 0 Å². The second-order valence-corrected chi connectivity index (χ2v) is 5.35. The maximum absolute atomic E-state index is 12.2. The van der Waals surface area contributed by atoms with E-state index in [0.29, 0.717) is 11.7 Å². The average Bonchev–Trinajstić information content (AvgIpc) is 2.87. The van der Waals surface area contributed by atoms with Crippen molar-refractivity contribution >= 4 is 17.2 Å². The van der Waals surface area contributed by atoms with Crippen LogP contribution in [-0.4, -0.2) is 27.9 Å². The molecule has 82 valence electrons. The van der Waals surface area contributed by atoms with E-state index in [0.717, 1.165) is 17.8 Å². The monoisotopic (exact) mass is 224 g/mol. The van der Waals surface area contributed by atoms with E-state index >= 15 is 0 Å². The molecule has 3 nitrogen and oxygen atoms in total. The van der Waals surface area contributed by atoms with Gasteiger partial charge in [-0.3, -0.25) is 4.79 Å². The van der Waals surface area contributed by atoms with Crippen LogP contribution < -0.4 is 0 Å². The minimum absolute atomic E-state index is 0.0943. The summed E-state index contributed by atoms with van der Waals surface area (Å²) in [5, 5.41) is 2.81. The zero-order chi connectivity index (χ0) is 11.0. The molecule has 1 saturated carbocycles. The molecule has 0 saturated heterocycles. The Morgan fingerprint density at radius 2 is 2.27 bits per heavy atom. The Morgan fingerprint density at radius 1 is 1.60 bits per heavy atom. The highest BCUT2D eigenvalue weighted by Crippen LogP contribution is 2.30. The molecule has 0 spiro atoms. The van der Waals surface area contributed by atoms with Gasteiger partial charge in [0.2, 0.25) is 0 Å². The van der Waals surface area contributed by atoms with Gasteiger partial charge in [-0.1, -0.05) is 0 Å². The molecule has 1 aliphatic carbocycles. The molecule has 0 bridgehead atoms. The lowest BCUT2D eigenvalue weighted by Gasteiger charge is -2.25. The van der Waals surface area contributed by atoms with Crippen LogP contribution >= 0.6 is 11.3 Å². The highest BCUT2D eigenvalue weighted by atomic mass is 32.1. The van der Waals surface area contributed by atoms with Crippen molar-refractivity contribution in [2.24, 2.45) is 0 Å². The second-order valence-electron chi connectivity index (χ2n) is 4.29. The third-order valence-electron chi connectivity index (χ3n) is 2.57. The van der Waals surface area contributed by atoms with Gasteiger partial charge in [0, 0.05) is 17.5 Å². The number of amides is 1. The van der Waals surface area contributed by atoms with E-state index in [9.17, 15) is 4.79 Å². The Balaban J connectivity index is 2.17. The first kappa shape index (κ1) is 10.6. The molecule has 1 aromatic heterocycles. The molecule has 0 atom stereocenters. The highest BCUT2D eigenvalue weighted by molar-refractivity contribution is 7.09. The van der Waals surface area contributed by atoms with Crippen LogP contribution in [0.15, 0.2) is 5.38 Å². The normalized spacial score (nSPS) is 15.7. The molecule has 1 amide bonds. The fourth-order valence-corrected chi connectivity index (χ4v) is 2.36. The zero-order valence-corrected chi connectivity index (χ0v) is 10.2. The fraction of sp³-hybridized carbons (Fsp3) is 0.636. The van der Waals surface area contributed by atoms with Crippen LogP contribution in [0.1, 0.15) is 42.2 Å². The van der Waals surface area contributed by atoms with Crippen molar-refractivity contribution in [3.05, 3.63) is 16.1 Å². The molecular formula is C11H16N2OS. The Hall–Kier alpha value is -0.900. The van der Waals surface area contributed by atoms with Crippen LogP contribution in [0.25, 0.3) is 0 Å². The predicted molar refractivity (Wildman–Crippen MR) is 61.2 cm³/mol. The van der Waals surface area contributed by atoms with Crippen LogP contribution in [-0.2, 0) is 0 Å². The second kappa shape index (κ2) is 3.93. The number of rotatable bonds is 3. The number of aromatic nitrogens is 1. The molecule has 4 heteroatoms. The van der Waals surface area contributed by atoms with E-state index in [1.807, 2.05) is 17.2 Å². The van der Waals surface area contributed by atoms with Crippen LogP contribution in [0.5, 0.6) is 0 Å². The smallest absolute Gasteiger partial charge is 0.273 e. The minimum Gasteiger partial charge on any atom is -0.332 e. The van der Waals surface area contributed by atoms with E-state index in [4.69, 9.17) is 0 Å². The number of thiazole rings is 1. The highest BCUT2D eigenvalue weighted by Gasteiger charge is 2.35. The molecule has 2 rings (SSSR count). The number of aryl methyl sites for hydroxylation is 1. The van der Waals surface area contributed by atoms with Crippen molar-refractivity contribution < 1.29 is 4.79 Å². The lowest BCUT2D eigenvalue weighted by molar-refractivity contribution is 0.0685. The van der Waals surface area contributed by atoms with Gasteiger partial charge in [0.1, 0.15) is 5.69 Å². The molecule has 1 aromatic rings. The minimum atomic E-state index is 0.0943. The molecule has 15 heavy (non-hydrogen) atoms. The zero-order valence-electron chi connectivity index (χ0n) is 9.36. The predicted octanol–water partition coefficient (Wildman–Crippen LogP) is 2.46. The first-order chi connectivity index (χ1) is 7.09. The van der Waals surface area contributed by atoms with Crippen molar-refractivity contribution in [2.45, 2.75) is 45.7 Å². The van der Waals surface area contributed by atoms with Gasteiger partial charge >= 0.3 is 0 Å². The molecular weight excluding hydrogens is 208 g/mol. The largest absolute Gasteiger partial charge is 0.332 e. The van der Waals surface area contributed by atoms with E-state index in [1.165, 1.54) is 11.3 Å². The number of nitrogens with zero attached hydrogens (tertiary/aromatic N) is 2. The average molecular weight is 224 g/mol. The maximum atomic E-state index is 12.2. The van der Waals surface area contributed by atoms with E-state index in [-0.39, 0.29) is 11.9 Å².